The van der Waals surface area contributed by atoms with Gasteiger partial charge in [0.2, 0.25) is 16.8 Å². The molecule has 0 unspecified atom stereocenters. The van der Waals surface area contributed by atoms with E-state index >= 15 is 0 Å². The number of anilines is 1. The third-order valence-electron chi connectivity index (χ3n) is 6.97. The smallest absolute Gasteiger partial charge is 0.250 e. The second-order valence-electron chi connectivity index (χ2n) is 8.91. The SMILES string of the molecule is O=C(Nc1nc2scc(-c3ccc(Cl)cc3)n2n1)C12CC3CC(CC(C3)C1)C2. The lowest BCUT2D eigenvalue weighted by Gasteiger charge is -2.55. The zero-order chi connectivity index (χ0) is 18.9. The maximum Gasteiger partial charge on any atom is 0.250 e. The summed E-state index contributed by atoms with van der Waals surface area (Å²) in [6, 6.07) is 7.68. The van der Waals surface area contributed by atoms with Crippen LogP contribution in [-0.2, 0) is 4.79 Å². The summed E-state index contributed by atoms with van der Waals surface area (Å²) in [5.41, 5.74) is 1.80. The molecular formula is C21H21ClN4OS. The van der Waals surface area contributed by atoms with Crippen LogP contribution in [0, 0.1) is 23.2 Å². The molecule has 4 saturated carbocycles. The van der Waals surface area contributed by atoms with Crippen molar-refractivity contribution in [2.24, 2.45) is 23.2 Å². The van der Waals surface area contributed by atoms with Gasteiger partial charge in [0.05, 0.1) is 11.1 Å². The van der Waals surface area contributed by atoms with Crippen molar-refractivity contribution in [1.82, 2.24) is 14.6 Å². The largest absolute Gasteiger partial charge is 0.293 e. The van der Waals surface area contributed by atoms with Gasteiger partial charge in [0.1, 0.15) is 0 Å². The van der Waals surface area contributed by atoms with Crippen molar-refractivity contribution in [3.05, 3.63) is 34.7 Å². The molecule has 2 heterocycles. The molecule has 1 aromatic carbocycles. The number of nitrogens with zero attached hydrogens (tertiary/aromatic N) is 3. The highest BCUT2D eigenvalue weighted by Gasteiger charge is 2.54. The first-order valence-electron chi connectivity index (χ1n) is 10.00. The van der Waals surface area contributed by atoms with Gasteiger partial charge in [0, 0.05) is 16.0 Å². The summed E-state index contributed by atoms with van der Waals surface area (Å²) in [6.45, 7) is 0. The lowest BCUT2D eigenvalue weighted by molar-refractivity contribution is -0.140. The van der Waals surface area contributed by atoms with E-state index in [1.165, 1.54) is 30.6 Å². The van der Waals surface area contributed by atoms with E-state index in [1.54, 1.807) is 0 Å². The summed E-state index contributed by atoms with van der Waals surface area (Å²) in [5.74, 6) is 2.78. The van der Waals surface area contributed by atoms with Crippen LogP contribution in [-0.4, -0.2) is 20.5 Å². The van der Waals surface area contributed by atoms with E-state index in [4.69, 9.17) is 11.6 Å². The maximum atomic E-state index is 13.2. The van der Waals surface area contributed by atoms with Crippen LogP contribution in [0.5, 0.6) is 0 Å². The standard InChI is InChI=1S/C21H21ClN4OS/c22-16-3-1-15(2-4-16)17-11-28-20-24-19(25-26(17)20)23-18(27)21-8-12-5-13(9-21)7-14(6-12)10-21/h1-4,11-14H,5-10H2,(H,23,25,27). The number of hydrogen-bond acceptors (Lipinski definition) is 4. The topological polar surface area (TPSA) is 59.3 Å². The molecule has 0 saturated heterocycles. The third-order valence-corrected chi connectivity index (χ3v) is 8.03. The molecule has 5 nitrogen and oxygen atoms in total. The number of carbonyl (C=O) groups is 1. The van der Waals surface area contributed by atoms with Gasteiger partial charge in [-0.15, -0.1) is 16.4 Å². The number of thiazole rings is 1. The lowest BCUT2D eigenvalue weighted by Crippen LogP contribution is -2.51. The number of rotatable bonds is 3. The van der Waals surface area contributed by atoms with Gasteiger partial charge >= 0.3 is 0 Å². The van der Waals surface area contributed by atoms with Crippen LogP contribution in [0.3, 0.4) is 0 Å². The fraction of sp³-hybridized carbons (Fsp3) is 0.476. The van der Waals surface area contributed by atoms with Crippen molar-refractivity contribution in [2.75, 3.05) is 5.32 Å². The molecule has 28 heavy (non-hydrogen) atoms. The van der Waals surface area contributed by atoms with Gasteiger partial charge in [-0.2, -0.15) is 4.98 Å². The highest BCUT2D eigenvalue weighted by molar-refractivity contribution is 7.15. The fourth-order valence-electron chi connectivity index (χ4n) is 6.18. The quantitative estimate of drug-likeness (QED) is 0.637. The van der Waals surface area contributed by atoms with Crippen LogP contribution < -0.4 is 5.32 Å². The number of amides is 1. The van der Waals surface area contributed by atoms with Crippen molar-refractivity contribution in [2.45, 2.75) is 38.5 Å². The van der Waals surface area contributed by atoms with Gasteiger partial charge in [0.25, 0.3) is 0 Å². The number of carbonyl (C=O) groups excluding carboxylic acids is 1. The first-order chi connectivity index (χ1) is 13.6. The number of hydrogen-bond donors (Lipinski definition) is 1. The number of benzene rings is 1. The zero-order valence-corrected chi connectivity index (χ0v) is 17.0. The molecule has 4 aliphatic rings. The van der Waals surface area contributed by atoms with Crippen LogP contribution in [0.1, 0.15) is 38.5 Å². The third kappa shape index (κ3) is 2.61. The Balaban J connectivity index is 1.28. The van der Waals surface area contributed by atoms with Crippen LogP contribution in [0.25, 0.3) is 16.2 Å². The predicted molar refractivity (Wildman–Crippen MR) is 111 cm³/mol. The van der Waals surface area contributed by atoms with E-state index in [-0.39, 0.29) is 11.3 Å². The molecule has 1 N–H and O–H groups in total. The second kappa shape index (κ2) is 6.04. The number of fused-ring (bicyclic) bond motifs is 1. The summed E-state index contributed by atoms with van der Waals surface area (Å²) in [6.07, 6.45) is 7.12. The first kappa shape index (κ1) is 17.0. The summed E-state index contributed by atoms with van der Waals surface area (Å²) >= 11 is 7.53. The molecule has 0 aliphatic heterocycles. The molecule has 0 atom stereocenters. The summed E-state index contributed by atoms with van der Waals surface area (Å²) in [5, 5.41) is 10.4. The van der Waals surface area contributed by atoms with Crippen LogP contribution in [0.15, 0.2) is 29.6 Å². The van der Waals surface area contributed by atoms with Crippen LogP contribution in [0.4, 0.5) is 5.95 Å². The minimum atomic E-state index is -0.188. The Hall–Kier alpha value is -1.92. The van der Waals surface area contributed by atoms with Crippen LogP contribution in [0.2, 0.25) is 5.02 Å². The van der Waals surface area contributed by atoms with Crippen molar-refractivity contribution in [1.29, 1.82) is 0 Å². The average Bonchev–Trinajstić information content (AvgIpc) is 3.21. The second-order valence-corrected chi connectivity index (χ2v) is 10.2. The minimum Gasteiger partial charge on any atom is -0.293 e. The molecule has 0 radical (unpaired) electrons. The normalized spacial score (nSPS) is 30.8. The molecule has 3 aromatic rings. The molecule has 144 valence electrons. The summed E-state index contributed by atoms with van der Waals surface area (Å²) < 4.78 is 1.81. The van der Waals surface area contributed by atoms with E-state index in [0.717, 1.165) is 53.2 Å². The summed E-state index contributed by atoms with van der Waals surface area (Å²) in [4.78, 5) is 18.6. The van der Waals surface area contributed by atoms with Crippen molar-refractivity contribution in [3.8, 4) is 11.3 Å². The highest BCUT2D eigenvalue weighted by Crippen LogP contribution is 2.60. The first-order valence-corrected chi connectivity index (χ1v) is 11.3. The average molecular weight is 413 g/mol. The molecule has 4 aliphatic carbocycles. The lowest BCUT2D eigenvalue weighted by atomic mass is 9.49. The van der Waals surface area contributed by atoms with Gasteiger partial charge in [-0.3, -0.25) is 10.1 Å². The van der Waals surface area contributed by atoms with Crippen LogP contribution >= 0.6 is 22.9 Å². The van der Waals surface area contributed by atoms with Gasteiger partial charge in [-0.1, -0.05) is 23.7 Å². The Morgan fingerprint density at radius 2 is 1.75 bits per heavy atom. The predicted octanol–water partition coefficient (Wildman–Crippen LogP) is 5.27. The molecule has 2 aromatic heterocycles. The molecule has 7 heteroatoms. The monoisotopic (exact) mass is 412 g/mol. The molecule has 4 bridgehead atoms. The Kier molecular flexibility index (Phi) is 3.66. The number of halogens is 1. The van der Waals surface area contributed by atoms with Gasteiger partial charge in [0.15, 0.2) is 0 Å². The zero-order valence-electron chi connectivity index (χ0n) is 15.4. The number of nitrogens with one attached hydrogen (secondary N) is 1. The van der Waals surface area contributed by atoms with Gasteiger partial charge in [-0.05, 0) is 68.4 Å². The number of aromatic nitrogens is 3. The molecule has 7 rings (SSSR count). The molecular weight excluding hydrogens is 392 g/mol. The van der Waals surface area contributed by atoms with Crippen molar-refractivity contribution in [3.63, 3.8) is 0 Å². The molecule has 0 spiro atoms. The van der Waals surface area contributed by atoms with E-state index in [2.05, 4.69) is 15.4 Å². The Bertz CT molecular complexity index is 1030. The van der Waals surface area contributed by atoms with Gasteiger partial charge in [-0.25, -0.2) is 4.52 Å². The maximum absolute atomic E-state index is 13.2. The Labute approximate surface area is 172 Å². The van der Waals surface area contributed by atoms with E-state index in [9.17, 15) is 4.79 Å². The highest BCUT2D eigenvalue weighted by atomic mass is 35.5. The van der Waals surface area contributed by atoms with Gasteiger partial charge < -0.3 is 0 Å². The van der Waals surface area contributed by atoms with E-state index in [0.29, 0.717) is 11.0 Å². The van der Waals surface area contributed by atoms with Crippen molar-refractivity contribution < 1.29 is 4.79 Å². The molecule has 4 fully saturated rings. The van der Waals surface area contributed by atoms with E-state index in [1.807, 2.05) is 34.2 Å². The molecule has 1 amide bonds. The Morgan fingerprint density at radius 1 is 1.11 bits per heavy atom. The Morgan fingerprint density at radius 3 is 2.39 bits per heavy atom. The minimum absolute atomic E-state index is 0.137. The summed E-state index contributed by atoms with van der Waals surface area (Å²) in [7, 11) is 0. The van der Waals surface area contributed by atoms with Crippen molar-refractivity contribution >= 4 is 39.8 Å². The fourth-order valence-corrected chi connectivity index (χ4v) is 7.13. The van der Waals surface area contributed by atoms with E-state index < -0.39 is 0 Å².